The Balaban J connectivity index is 1.39. The van der Waals surface area contributed by atoms with Crippen molar-refractivity contribution in [1.82, 2.24) is 0 Å². The minimum absolute atomic E-state index is 0.0381. The van der Waals surface area contributed by atoms with Crippen molar-refractivity contribution in [3.63, 3.8) is 0 Å². The normalized spacial score (nSPS) is 17.0. The van der Waals surface area contributed by atoms with Crippen LogP contribution in [-0.2, 0) is 16.2 Å². The molecule has 0 N–H and O–H groups in total. The van der Waals surface area contributed by atoms with Crippen LogP contribution >= 0.6 is 11.3 Å². The molecule has 0 amide bonds. The summed E-state index contributed by atoms with van der Waals surface area (Å²) in [5, 5.41) is 1.34. The predicted molar refractivity (Wildman–Crippen MR) is 215 cm³/mol. The molecule has 4 heteroatoms. The van der Waals surface area contributed by atoms with Gasteiger partial charge >= 0.3 is 0 Å². The number of rotatable bonds is 2. The zero-order valence-electron chi connectivity index (χ0n) is 30.1. The van der Waals surface area contributed by atoms with Crippen molar-refractivity contribution in [2.75, 3.05) is 9.80 Å². The van der Waals surface area contributed by atoms with Crippen molar-refractivity contribution < 1.29 is 0 Å². The van der Waals surface area contributed by atoms with E-state index in [1.54, 1.807) is 0 Å². The first-order valence-corrected chi connectivity index (χ1v) is 18.8. The Hall–Kier alpha value is -4.28. The summed E-state index contributed by atoms with van der Waals surface area (Å²) < 4.78 is 2.79. The smallest absolute Gasteiger partial charge is 0.264 e. The van der Waals surface area contributed by atoms with Crippen LogP contribution in [0.25, 0.3) is 10.1 Å². The molecule has 0 saturated heterocycles. The van der Waals surface area contributed by atoms with Crippen LogP contribution in [-0.4, -0.2) is 6.71 Å². The van der Waals surface area contributed by atoms with Gasteiger partial charge in [-0.25, -0.2) is 0 Å². The molecular weight excluding hydrogens is 611 g/mol. The van der Waals surface area contributed by atoms with Crippen molar-refractivity contribution in [2.45, 2.75) is 84.5 Å². The molecule has 0 fully saturated rings. The molecular formula is C45H45BN2S. The number of benzene rings is 5. The minimum Gasteiger partial charge on any atom is -0.311 e. The number of fused-ring (bicyclic) bond motifs is 7. The van der Waals surface area contributed by atoms with E-state index in [2.05, 4.69) is 168 Å². The Labute approximate surface area is 296 Å². The van der Waals surface area contributed by atoms with Crippen molar-refractivity contribution in [1.29, 1.82) is 0 Å². The van der Waals surface area contributed by atoms with Gasteiger partial charge in [0.1, 0.15) is 0 Å². The van der Waals surface area contributed by atoms with Crippen LogP contribution in [0.4, 0.5) is 34.1 Å². The van der Waals surface area contributed by atoms with E-state index < -0.39 is 0 Å². The molecule has 5 aromatic carbocycles. The highest BCUT2D eigenvalue weighted by Gasteiger charge is 2.46. The van der Waals surface area contributed by atoms with Crippen LogP contribution in [0.15, 0.2) is 103 Å². The summed E-state index contributed by atoms with van der Waals surface area (Å²) in [6.07, 6.45) is 2.41. The van der Waals surface area contributed by atoms with Gasteiger partial charge in [-0.3, -0.25) is 0 Å². The lowest BCUT2D eigenvalue weighted by molar-refractivity contribution is 0.332. The molecule has 1 aromatic heterocycles. The van der Waals surface area contributed by atoms with E-state index in [1.165, 1.54) is 95.0 Å². The maximum atomic E-state index is 2.64. The van der Waals surface area contributed by atoms with E-state index in [9.17, 15) is 0 Å². The topological polar surface area (TPSA) is 6.48 Å². The molecule has 1 aliphatic carbocycles. The average Bonchev–Trinajstić information content (AvgIpc) is 3.45. The Bertz CT molecular complexity index is 2310. The summed E-state index contributed by atoms with van der Waals surface area (Å²) in [5.74, 6) is 0. The lowest BCUT2D eigenvalue weighted by Crippen LogP contribution is -2.60. The summed E-state index contributed by atoms with van der Waals surface area (Å²) in [6, 6.07) is 39.6. The average molecular weight is 657 g/mol. The SMILES string of the molecule is Cc1cc2c3c(c1)N(c1ccc4c(c1)C(C)(C)CCC4(C)C)c1c(sc4ccccc14)B3c1cc(C(C)(C)C)ccc1N2c1ccccc1. The Morgan fingerprint density at radius 1 is 0.653 bits per heavy atom. The molecule has 49 heavy (non-hydrogen) atoms. The number of thiophene rings is 1. The third kappa shape index (κ3) is 4.52. The first-order valence-electron chi connectivity index (χ1n) is 17.9. The van der Waals surface area contributed by atoms with E-state index in [4.69, 9.17) is 0 Å². The number of para-hydroxylation sites is 1. The molecule has 0 unspecified atom stereocenters. The molecule has 0 atom stereocenters. The largest absolute Gasteiger partial charge is 0.311 e. The van der Waals surface area contributed by atoms with E-state index in [1.807, 2.05) is 11.3 Å². The molecule has 0 spiro atoms. The minimum atomic E-state index is 0.0381. The standard InChI is InChI=1S/C45H45BN2S/c1-28-24-37-40-38(25-28)48(31-19-20-33-34(27-31)45(7,8)23-22-44(33,5)6)41-32-16-12-13-17-39(32)49-42(41)46(40)35-26-29(43(2,3)4)18-21-36(35)47(37)30-14-10-9-11-15-30/h9-21,24-27H,22-23H2,1-8H3. The van der Waals surface area contributed by atoms with Gasteiger partial charge in [0.25, 0.3) is 6.71 Å². The van der Waals surface area contributed by atoms with E-state index in [-0.39, 0.29) is 23.0 Å². The van der Waals surface area contributed by atoms with Crippen LogP contribution in [0.1, 0.15) is 83.6 Å². The van der Waals surface area contributed by atoms with Gasteiger partial charge in [0.05, 0.1) is 5.69 Å². The molecule has 0 bridgehead atoms. The number of aryl methyl sites for hydroxylation is 1. The first-order chi connectivity index (χ1) is 23.3. The van der Waals surface area contributed by atoms with Gasteiger partial charge in [0, 0.05) is 43.3 Å². The fourth-order valence-electron chi connectivity index (χ4n) is 8.88. The van der Waals surface area contributed by atoms with E-state index in [0.717, 1.165) is 0 Å². The van der Waals surface area contributed by atoms with Gasteiger partial charge in [-0.05, 0) is 118 Å². The number of hydrogen-bond acceptors (Lipinski definition) is 3. The number of hydrogen-bond donors (Lipinski definition) is 0. The summed E-state index contributed by atoms with van der Waals surface area (Å²) in [6.45, 7) is 19.1. The molecule has 0 saturated carbocycles. The monoisotopic (exact) mass is 656 g/mol. The highest BCUT2D eigenvalue weighted by Crippen LogP contribution is 2.51. The second-order valence-electron chi connectivity index (χ2n) is 17.0. The van der Waals surface area contributed by atoms with Crippen LogP contribution in [0.2, 0.25) is 0 Å². The molecule has 3 heterocycles. The van der Waals surface area contributed by atoms with Gasteiger partial charge in [0.15, 0.2) is 0 Å². The Morgan fingerprint density at radius 3 is 2.06 bits per heavy atom. The van der Waals surface area contributed by atoms with Crippen molar-refractivity contribution in [3.8, 4) is 0 Å². The van der Waals surface area contributed by atoms with Crippen LogP contribution in [0.5, 0.6) is 0 Å². The lowest BCUT2D eigenvalue weighted by Gasteiger charge is -2.45. The third-order valence-electron chi connectivity index (χ3n) is 11.7. The molecule has 9 rings (SSSR count). The summed E-state index contributed by atoms with van der Waals surface area (Å²) in [4.78, 5) is 5.16. The molecule has 2 aliphatic heterocycles. The van der Waals surface area contributed by atoms with Crippen molar-refractivity contribution >= 4 is 78.0 Å². The van der Waals surface area contributed by atoms with Gasteiger partial charge in [-0.2, -0.15) is 0 Å². The quantitative estimate of drug-likeness (QED) is 0.171. The zero-order chi connectivity index (χ0) is 34.0. The summed E-state index contributed by atoms with van der Waals surface area (Å²) in [7, 11) is 0. The van der Waals surface area contributed by atoms with Crippen LogP contribution in [0, 0.1) is 6.92 Å². The second kappa shape index (κ2) is 10.4. The lowest BCUT2D eigenvalue weighted by atomic mass is 9.36. The van der Waals surface area contributed by atoms with Gasteiger partial charge in [0.2, 0.25) is 0 Å². The third-order valence-corrected chi connectivity index (χ3v) is 12.9. The highest BCUT2D eigenvalue weighted by molar-refractivity contribution is 7.33. The summed E-state index contributed by atoms with van der Waals surface area (Å²) >= 11 is 1.98. The van der Waals surface area contributed by atoms with Gasteiger partial charge in [-0.15, -0.1) is 11.3 Å². The molecule has 2 nitrogen and oxygen atoms in total. The number of anilines is 6. The zero-order valence-corrected chi connectivity index (χ0v) is 30.9. The Kier molecular flexibility index (Phi) is 6.51. The molecule has 0 radical (unpaired) electrons. The molecule has 3 aliphatic rings. The highest BCUT2D eigenvalue weighted by atomic mass is 32.1. The fraction of sp³-hybridized carbons (Fsp3) is 0.289. The van der Waals surface area contributed by atoms with Gasteiger partial charge < -0.3 is 9.80 Å². The van der Waals surface area contributed by atoms with Crippen molar-refractivity contribution in [3.05, 3.63) is 125 Å². The van der Waals surface area contributed by atoms with E-state index >= 15 is 0 Å². The maximum absolute atomic E-state index is 2.64. The molecule has 6 aromatic rings. The van der Waals surface area contributed by atoms with Crippen LogP contribution < -0.4 is 25.5 Å². The van der Waals surface area contributed by atoms with Gasteiger partial charge in [-0.1, -0.05) is 103 Å². The Morgan fingerprint density at radius 2 is 1.33 bits per heavy atom. The van der Waals surface area contributed by atoms with Crippen LogP contribution in [0.3, 0.4) is 0 Å². The van der Waals surface area contributed by atoms with Crippen molar-refractivity contribution in [2.24, 2.45) is 0 Å². The second-order valence-corrected chi connectivity index (χ2v) is 18.1. The summed E-state index contributed by atoms with van der Waals surface area (Å²) in [5.41, 5.74) is 16.5. The first kappa shape index (κ1) is 30.8. The predicted octanol–water partition coefficient (Wildman–Crippen LogP) is 10.9. The number of nitrogens with zero attached hydrogens (tertiary/aromatic N) is 2. The molecule has 244 valence electrons. The maximum Gasteiger partial charge on any atom is 0.264 e. The van der Waals surface area contributed by atoms with E-state index in [0.29, 0.717) is 0 Å². The fourth-order valence-corrected chi connectivity index (χ4v) is 10.2.